The second kappa shape index (κ2) is 8.67. The molecular weight excluding hydrogens is 442 g/mol. The number of rotatable bonds is 6. The Labute approximate surface area is 188 Å². The average Bonchev–Trinajstić information content (AvgIpc) is 2.76. The summed E-state index contributed by atoms with van der Waals surface area (Å²) in [5, 5.41) is 16.7. The van der Waals surface area contributed by atoms with Crippen LogP contribution in [0.15, 0.2) is 42.5 Å². The van der Waals surface area contributed by atoms with E-state index in [2.05, 4.69) is 10.6 Å². The van der Waals surface area contributed by atoms with Crippen LogP contribution in [0.25, 0.3) is 0 Å². The zero-order chi connectivity index (χ0) is 22.9. The summed E-state index contributed by atoms with van der Waals surface area (Å²) in [5.41, 5.74) is -1.02. The molecule has 5 rings (SSSR count). The molecule has 0 radical (unpaired) electrons. The summed E-state index contributed by atoms with van der Waals surface area (Å²) in [6.45, 7) is -0.331. The van der Waals surface area contributed by atoms with Gasteiger partial charge >= 0.3 is 0 Å². The summed E-state index contributed by atoms with van der Waals surface area (Å²) in [7, 11) is 0. The van der Waals surface area contributed by atoms with Crippen molar-refractivity contribution in [2.45, 2.75) is 49.3 Å². The quantitative estimate of drug-likeness (QED) is 0.611. The maximum Gasteiger partial charge on any atom is 0.258 e. The van der Waals surface area contributed by atoms with Crippen molar-refractivity contribution in [2.75, 3.05) is 6.61 Å². The third-order valence-electron chi connectivity index (χ3n) is 6.46. The zero-order valence-electron chi connectivity index (χ0n) is 17.2. The third-order valence-corrected chi connectivity index (χ3v) is 6.76. The summed E-state index contributed by atoms with van der Waals surface area (Å²) in [5.74, 6) is -1.63. The van der Waals surface area contributed by atoms with Crippen LogP contribution in [-0.2, 0) is 4.79 Å². The molecule has 2 bridgehead atoms. The second-order valence-corrected chi connectivity index (χ2v) is 8.94. The molecule has 3 saturated carbocycles. The molecule has 9 heteroatoms. The first-order chi connectivity index (χ1) is 15.2. The second-order valence-electron chi connectivity index (χ2n) is 8.53. The van der Waals surface area contributed by atoms with Crippen molar-refractivity contribution in [3.63, 3.8) is 0 Å². The Morgan fingerprint density at radius 3 is 2.38 bits per heavy atom. The summed E-state index contributed by atoms with van der Waals surface area (Å²) in [6.07, 6.45) is 1.58. The van der Waals surface area contributed by atoms with Gasteiger partial charge in [0.25, 0.3) is 11.8 Å². The standard InChI is InChI=1S/C23H23ClF2N2O4/c24-17-6-5-16(11-18(17)26)32-13-20(30)27-23-9-7-22(8-10-23,12-19(23)29)28-21(31)14-1-3-15(25)4-2-14/h1-6,11,19,29H,7-10,12-13H2,(H,27,30)(H,28,31). The van der Waals surface area contributed by atoms with Gasteiger partial charge in [0.2, 0.25) is 0 Å². The van der Waals surface area contributed by atoms with E-state index in [0.29, 0.717) is 37.7 Å². The fourth-order valence-corrected chi connectivity index (χ4v) is 4.72. The Hall–Kier alpha value is -2.71. The number of aliphatic hydroxyl groups excluding tert-OH is 1. The lowest BCUT2D eigenvalue weighted by Crippen LogP contribution is -2.70. The molecule has 0 saturated heterocycles. The summed E-state index contributed by atoms with van der Waals surface area (Å²) in [4.78, 5) is 25.1. The summed E-state index contributed by atoms with van der Waals surface area (Å²) < 4.78 is 32.0. The number of aliphatic hydroxyl groups is 1. The van der Waals surface area contributed by atoms with Crippen molar-refractivity contribution in [1.29, 1.82) is 0 Å². The largest absolute Gasteiger partial charge is 0.484 e. The van der Waals surface area contributed by atoms with Crippen LogP contribution >= 0.6 is 11.6 Å². The van der Waals surface area contributed by atoms with E-state index < -0.39 is 34.7 Å². The molecule has 3 aliphatic rings. The molecular formula is C23H23ClF2N2O4. The monoisotopic (exact) mass is 464 g/mol. The number of hydrogen-bond acceptors (Lipinski definition) is 4. The molecule has 1 atom stereocenters. The number of fused-ring (bicyclic) bond motifs is 3. The third kappa shape index (κ3) is 4.56. The molecule has 3 N–H and O–H groups in total. The van der Waals surface area contributed by atoms with Gasteiger partial charge in [-0.2, -0.15) is 0 Å². The first kappa shape index (κ1) is 22.5. The van der Waals surface area contributed by atoms with Crippen molar-refractivity contribution >= 4 is 23.4 Å². The van der Waals surface area contributed by atoms with E-state index in [1.165, 1.54) is 36.4 Å². The fraction of sp³-hybridized carbons (Fsp3) is 0.391. The molecule has 3 fully saturated rings. The molecule has 0 heterocycles. The Balaban J connectivity index is 1.34. The number of hydrogen-bond donors (Lipinski definition) is 3. The minimum absolute atomic E-state index is 0.0387. The molecule has 0 spiro atoms. The van der Waals surface area contributed by atoms with Crippen molar-refractivity contribution in [3.05, 3.63) is 64.7 Å². The predicted molar refractivity (Wildman–Crippen MR) is 113 cm³/mol. The van der Waals surface area contributed by atoms with Crippen molar-refractivity contribution < 1.29 is 28.2 Å². The molecule has 2 aromatic carbocycles. The van der Waals surface area contributed by atoms with Crippen LogP contribution in [0.3, 0.4) is 0 Å². The fourth-order valence-electron chi connectivity index (χ4n) is 4.61. The number of amides is 2. The average molecular weight is 465 g/mol. The van der Waals surface area contributed by atoms with E-state index in [1.807, 2.05) is 0 Å². The minimum Gasteiger partial charge on any atom is -0.484 e. The zero-order valence-corrected chi connectivity index (χ0v) is 17.9. The van der Waals surface area contributed by atoms with Gasteiger partial charge in [-0.25, -0.2) is 8.78 Å². The highest BCUT2D eigenvalue weighted by Gasteiger charge is 2.55. The van der Waals surface area contributed by atoms with Crippen LogP contribution in [0.4, 0.5) is 8.78 Å². The van der Waals surface area contributed by atoms with E-state index in [-0.39, 0.29) is 23.3 Å². The van der Waals surface area contributed by atoms with Gasteiger partial charge < -0.3 is 20.5 Å². The van der Waals surface area contributed by atoms with Crippen LogP contribution in [0.1, 0.15) is 42.5 Å². The normalized spacial score (nSPS) is 26.4. The van der Waals surface area contributed by atoms with Crippen molar-refractivity contribution in [2.24, 2.45) is 0 Å². The number of ether oxygens (including phenoxy) is 1. The molecule has 2 amide bonds. The first-order valence-electron chi connectivity index (χ1n) is 10.4. The van der Waals surface area contributed by atoms with Crippen LogP contribution in [0.2, 0.25) is 5.02 Å². The molecule has 1 unspecified atom stereocenters. The Kier molecular flexibility index (Phi) is 6.09. The smallest absolute Gasteiger partial charge is 0.258 e. The number of halogens is 3. The Morgan fingerprint density at radius 2 is 1.75 bits per heavy atom. The topological polar surface area (TPSA) is 87.7 Å². The number of benzene rings is 2. The van der Waals surface area contributed by atoms with Crippen LogP contribution < -0.4 is 15.4 Å². The van der Waals surface area contributed by atoms with Crippen LogP contribution in [0.5, 0.6) is 5.75 Å². The van der Waals surface area contributed by atoms with E-state index >= 15 is 0 Å². The number of carbonyl (C=O) groups excluding carboxylic acids is 2. The van der Waals surface area contributed by atoms with Gasteiger partial charge in [-0.1, -0.05) is 11.6 Å². The van der Waals surface area contributed by atoms with Gasteiger partial charge in [0, 0.05) is 17.2 Å². The van der Waals surface area contributed by atoms with E-state index in [9.17, 15) is 23.5 Å². The number of carbonyl (C=O) groups is 2. The van der Waals surface area contributed by atoms with Gasteiger partial charge in [-0.15, -0.1) is 0 Å². The SMILES string of the molecule is O=C(COc1ccc(Cl)c(F)c1)NC12CCC(NC(=O)c3ccc(F)cc3)(CC1)CC2O. The molecule has 0 aromatic heterocycles. The lowest BCUT2D eigenvalue weighted by atomic mass is 9.60. The van der Waals surface area contributed by atoms with E-state index in [1.54, 1.807) is 0 Å². The van der Waals surface area contributed by atoms with Gasteiger partial charge in [0.05, 0.1) is 16.7 Å². The molecule has 32 heavy (non-hydrogen) atoms. The highest BCUT2D eigenvalue weighted by molar-refractivity contribution is 6.30. The lowest BCUT2D eigenvalue weighted by molar-refractivity contribution is -0.132. The molecule has 3 aliphatic carbocycles. The Morgan fingerprint density at radius 1 is 1.06 bits per heavy atom. The molecule has 0 aliphatic heterocycles. The molecule has 170 valence electrons. The van der Waals surface area contributed by atoms with Crippen LogP contribution in [-0.4, -0.2) is 40.7 Å². The minimum atomic E-state index is -0.851. The molecule has 6 nitrogen and oxygen atoms in total. The first-order valence-corrected chi connectivity index (χ1v) is 10.7. The van der Waals surface area contributed by atoms with Crippen molar-refractivity contribution in [1.82, 2.24) is 10.6 Å². The number of nitrogens with one attached hydrogen (secondary N) is 2. The molecule has 2 aromatic rings. The highest BCUT2D eigenvalue weighted by Crippen LogP contribution is 2.47. The van der Waals surface area contributed by atoms with E-state index in [4.69, 9.17) is 16.3 Å². The van der Waals surface area contributed by atoms with Gasteiger partial charge in [-0.05, 0) is 68.5 Å². The predicted octanol–water partition coefficient (Wildman–Crippen LogP) is 3.36. The summed E-state index contributed by atoms with van der Waals surface area (Å²) >= 11 is 5.63. The van der Waals surface area contributed by atoms with E-state index in [0.717, 1.165) is 6.07 Å². The lowest BCUT2D eigenvalue weighted by Gasteiger charge is -2.56. The highest BCUT2D eigenvalue weighted by atomic mass is 35.5. The van der Waals surface area contributed by atoms with Crippen LogP contribution in [0, 0.1) is 11.6 Å². The maximum atomic E-state index is 13.5. The summed E-state index contributed by atoms with van der Waals surface area (Å²) in [6, 6.07) is 9.19. The van der Waals surface area contributed by atoms with Gasteiger partial charge in [0.1, 0.15) is 17.4 Å². The van der Waals surface area contributed by atoms with Gasteiger partial charge in [0.15, 0.2) is 6.61 Å². The van der Waals surface area contributed by atoms with Crippen molar-refractivity contribution in [3.8, 4) is 5.75 Å². The van der Waals surface area contributed by atoms with Gasteiger partial charge in [-0.3, -0.25) is 9.59 Å². The Bertz CT molecular complexity index is 1020. The maximum absolute atomic E-state index is 13.5.